The van der Waals surface area contributed by atoms with Crippen LogP contribution in [0.4, 0.5) is 0 Å². The number of benzene rings is 9. The van der Waals surface area contributed by atoms with Gasteiger partial charge in [-0.05, 0) is 95.9 Å². The Bertz CT molecular complexity index is 3570. The van der Waals surface area contributed by atoms with Crippen molar-refractivity contribution in [2.75, 3.05) is 0 Å². The smallest absolute Gasteiger partial charge is 0.160 e. The molecule has 0 unspecified atom stereocenters. The van der Waals surface area contributed by atoms with Gasteiger partial charge in [-0.2, -0.15) is 0 Å². The first kappa shape index (κ1) is 37.6. The predicted octanol–water partition coefficient (Wildman–Crippen LogP) is 15.1. The fourth-order valence-corrected chi connectivity index (χ4v) is 9.09. The standard InChI is InChI=1S/C59H42N4/c1-40(43-33-35-53-51-29-14-16-31-55(51)63(58(53)39-43)48-25-10-5-11-26-48)60-59(46-34-36-57-54(38-46)52-30-15-17-32-56(52)62(57)47-23-8-4-9-24-47)61-41(2)49-27-12-13-28-50(49)45-22-18-21-44(37-45)42-19-6-3-7-20-42/h3-39H,1H2,2H3. The van der Waals surface area contributed by atoms with Crippen molar-refractivity contribution in [3.63, 3.8) is 0 Å². The van der Waals surface area contributed by atoms with E-state index in [0.29, 0.717) is 11.5 Å². The molecule has 9 aromatic carbocycles. The number of nitrogens with zero attached hydrogens (tertiary/aromatic N) is 4. The third-order valence-corrected chi connectivity index (χ3v) is 12.1. The second kappa shape index (κ2) is 15.9. The monoisotopic (exact) mass is 806 g/mol. The molecule has 0 aliphatic carbocycles. The van der Waals surface area contributed by atoms with E-state index in [9.17, 15) is 0 Å². The summed E-state index contributed by atoms with van der Waals surface area (Å²) in [4.78, 5) is 10.8. The maximum atomic E-state index is 5.46. The van der Waals surface area contributed by atoms with Crippen LogP contribution in [0.15, 0.2) is 241 Å². The Morgan fingerprint density at radius 2 is 0.905 bits per heavy atom. The molecule has 4 nitrogen and oxygen atoms in total. The largest absolute Gasteiger partial charge is 0.309 e. The zero-order valence-electron chi connectivity index (χ0n) is 34.9. The molecule has 0 saturated carbocycles. The summed E-state index contributed by atoms with van der Waals surface area (Å²) in [7, 11) is 0. The Morgan fingerprint density at radius 3 is 1.62 bits per heavy atom. The van der Waals surface area contributed by atoms with Gasteiger partial charge in [0.2, 0.25) is 0 Å². The Morgan fingerprint density at radius 1 is 0.381 bits per heavy atom. The molecule has 63 heavy (non-hydrogen) atoms. The molecule has 0 N–H and O–H groups in total. The molecule has 11 rings (SSSR count). The van der Waals surface area contributed by atoms with E-state index in [-0.39, 0.29) is 0 Å². The fraction of sp³-hybridized carbons (Fsp3) is 0.0169. The first-order valence-corrected chi connectivity index (χ1v) is 21.4. The molecule has 0 aliphatic heterocycles. The summed E-state index contributed by atoms with van der Waals surface area (Å²) in [6.45, 7) is 6.71. The van der Waals surface area contributed by atoms with Gasteiger partial charge < -0.3 is 9.13 Å². The lowest BCUT2D eigenvalue weighted by Gasteiger charge is -2.13. The Kier molecular flexibility index (Phi) is 9.52. The van der Waals surface area contributed by atoms with Gasteiger partial charge in [0.25, 0.3) is 0 Å². The summed E-state index contributed by atoms with van der Waals surface area (Å²) in [6.07, 6.45) is 0. The molecule has 0 atom stereocenters. The van der Waals surface area contributed by atoms with Crippen LogP contribution in [0.1, 0.15) is 23.6 Å². The van der Waals surface area contributed by atoms with Crippen LogP contribution in [0.3, 0.4) is 0 Å². The zero-order chi connectivity index (χ0) is 42.3. The molecule has 0 fully saturated rings. The average molecular weight is 807 g/mol. The van der Waals surface area contributed by atoms with Crippen LogP contribution in [-0.2, 0) is 0 Å². The SMILES string of the molecule is C=C(N=C(N=C(C)c1ccccc1-c1cccc(-c2ccccc2)c1)c1ccc2c(c1)c1ccccc1n2-c1ccccc1)c1ccc2c3ccccc3n(-c3ccccc3)c2c1. The highest BCUT2D eigenvalue weighted by molar-refractivity contribution is 6.18. The van der Waals surface area contributed by atoms with Gasteiger partial charge in [-0.1, -0.05) is 164 Å². The zero-order valence-corrected chi connectivity index (χ0v) is 34.9. The highest BCUT2D eigenvalue weighted by Gasteiger charge is 2.18. The number of hydrogen-bond donors (Lipinski definition) is 0. The third-order valence-electron chi connectivity index (χ3n) is 12.1. The van der Waals surface area contributed by atoms with Crippen LogP contribution in [0.2, 0.25) is 0 Å². The maximum absolute atomic E-state index is 5.46. The normalized spacial score (nSPS) is 12.1. The van der Waals surface area contributed by atoms with Crippen molar-refractivity contribution in [3.05, 3.63) is 248 Å². The number of para-hydroxylation sites is 4. The Hall–Kier alpha value is -8.34. The van der Waals surface area contributed by atoms with Gasteiger partial charge in [0.05, 0.1) is 27.8 Å². The highest BCUT2D eigenvalue weighted by Crippen LogP contribution is 2.36. The lowest BCUT2D eigenvalue weighted by atomic mass is 9.94. The Balaban J connectivity index is 1.08. The molecule has 0 spiro atoms. The molecule has 2 aromatic heterocycles. The van der Waals surface area contributed by atoms with Gasteiger partial charge in [0, 0.05) is 55.3 Å². The molecule has 0 aliphatic rings. The van der Waals surface area contributed by atoms with Crippen molar-refractivity contribution in [2.45, 2.75) is 6.92 Å². The van der Waals surface area contributed by atoms with E-state index < -0.39 is 0 Å². The van der Waals surface area contributed by atoms with Gasteiger partial charge in [-0.3, -0.25) is 0 Å². The van der Waals surface area contributed by atoms with Crippen LogP contribution in [-0.4, -0.2) is 20.7 Å². The van der Waals surface area contributed by atoms with E-state index in [2.05, 4.69) is 247 Å². The molecule has 0 bridgehead atoms. The van der Waals surface area contributed by atoms with Crippen molar-refractivity contribution < 1.29 is 0 Å². The first-order chi connectivity index (χ1) is 31.1. The van der Waals surface area contributed by atoms with E-state index in [1.165, 1.54) is 27.3 Å². The van der Waals surface area contributed by atoms with E-state index >= 15 is 0 Å². The molecule has 4 heteroatoms. The number of hydrogen-bond acceptors (Lipinski definition) is 1. The van der Waals surface area contributed by atoms with Gasteiger partial charge in [-0.15, -0.1) is 0 Å². The van der Waals surface area contributed by atoms with Gasteiger partial charge in [-0.25, -0.2) is 9.98 Å². The van der Waals surface area contributed by atoms with Gasteiger partial charge >= 0.3 is 0 Å². The Labute approximate surface area is 366 Å². The van der Waals surface area contributed by atoms with Crippen molar-refractivity contribution in [2.24, 2.45) is 9.98 Å². The van der Waals surface area contributed by atoms with Gasteiger partial charge in [0.1, 0.15) is 0 Å². The summed E-state index contributed by atoms with van der Waals surface area (Å²) < 4.78 is 4.66. The first-order valence-electron chi connectivity index (χ1n) is 21.4. The van der Waals surface area contributed by atoms with Crippen molar-refractivity contribution in [3.8, 4) is 33.6 Å². The predicted molar refractivity (Wildman–Crippen MR) is 267 cm³/mol. The van der Waals surface area contributed by atoms with E-state index in [0.717, 1.165) is 72.4 Å². The molecule has 0 radical (unpaired) electrons. The second-order valence-electron chi connectivity index (χ2n) is 15.9. The third kappa shape index (κ3) is 6.84. The fourth-order valence-electron chi connectivity index (χ4n) is 9.09. The lowest BCUT2D eigenvalue weighted by molar-refractivity contribution is 1.18. The minimum atomic E-state index is 0.590. The summed E-state index contributed by atoms with van der Waals surface area (Å²) in [5.41, 5.74) is 15.7. The molecule has 0 amide bonds. The van der Waals surface area contributed by atoms with Crippen LogP contribution < -0.4 is 0 Å². The van der Waals surface area contributed by atoms with Crippen LogP contribution in [0.5, 0.6) is 0 Å². The summed E-state index contributed by atoms with van der Waals surface area (Å²) in [5, 5.41) is 4.68. The molecule has 298 valence electrons. The summed E-state index contributed by atoms with van der Waals surface area (Å²) in [5.74, 6) is 0.590. The van der Waals surface area contributed by atoms with Crippen molar-refractivity contribution in [1.29, 1.82) is 0 Å². The molecule has 11 aromatic rings. The second-order valence-corrected chi connectivity index (χ2v) is 15.9. The van der Waals surface area contributed by atoms with E-state index in [1.807, 2.05) is 0 Å². The van der Waals surface area contributed by atoms with Crippen molar-refractivity contribution >= 4 is 60.9 Å². The molecule has 0 saturated heterocycles. The number of rotatable bonds is 8. The minimum Gasteiger partial charge on any atom is -0.309 e. The number of aromatic nitrogens is 2. The average Bonchev–Trinajstić information content (AvgIpc) is 3.87. The van der Waals surface area contributed by atoms with Crippen molar-refractivity contribution in [1.82, 2.24) is 9.13 Å². The maximum Gasteiger partial charge on any atom is 0.160 e. The molecular weight excluding hydrogens is 765 g/mol. The molecule has 2 heterocycles. The topological polar surface area (TPSA) is 34.6 Å². The number of fused-ring (bicyclic) bond motifs is 6. The van der Waals surface area contributed by atoms with Gasteiger partial charge in [0.15, 0.2) is 5.84 Å². The highest BCUT2D eigenvalue weighted by atomic mass is 15.0. The van der Waals surface area contributed by atoms with Crippen LogP contribution in [0.25, 0.3) is 82.9 Å². The lowest BCUT2D eigenvalue weighted by Crippen LogP contribution is -2.06. The van der Waals surface area contributed by atoms with Crippen LogP contribution in [0, 0.1) is 0 Å². The quantitative estimate of drug-likeness (QED) is 0.108. The number of amidine groups is 1. The summed E-state index contributed by atoms with van der Waals surface area (Å²) in [6, 6.07) is 79.2. The van der Waals surface area contributed by atoms with Crippen LogP contribution >= 0.6 is 0 Å². The van der Waals surface area contributed by atoms with E-state index in [4.69, 9.17) is 9.98 Å². The van der Waals surface area contributed by atoms with E-state index in [1.54, 1.807) is 0 Å². The minimum absolute atomic E-state index is 0.590. The number of aliphatic imine (C=N–C) groups is 2. The summed E-state index contributed by atoms with van der Waals surface area (Å²) >= 11 is 0. The molecular formula is C59H42N4.